The van der Waals surface area contributed by atoms with E-state index >= 15 is 0 Å². The van der Waals surface area contributed by atoms with E-state index < -0.39 is 11.8 Å². The summed E-state index contributed by atoms with van der Waals surface area (Å²) in [4.78, 5) is 26.1. The Morgan fingerprint density at radius 3 is 2.17 bits per heavy atom. The molecule has 0 unspecified atom stereocenters. The SMILES string of the molecule is CCCCCCCCCCCC(=O)c1c[nH]c(C(=O)OCC)c1F. The smallest absolute Gasteiger partial charge is 0.357 e. The Morgan fingerprint density at radius 1 is 1.00 bits per heavy atom. The van der Waals surface area contributed by atoms with Gasteiger partial charge in [0.25, 0.3) is 0 Å². The molecule has 1 aromatic heterocycles. The summed E-state index contributed by atoms with van der Waals surface area (Å²) in [6.45, 7) is 4.02. The quantitative estimate of drug-likeness (QED) is 0.296. The lowest BCUT2D eigenvalue weighted by Crippen LogP contribution is -2.08. The number of hydrogen-bond acceptors (Lipinski definition) is 3. The zero-order valence-electron chi connectivity index (χ0n) is 15.0. The van der Waals surface area contributed by atoms with Gasteiger partial charge in [0.2, 0.25) is 0 Å². The maximum atomic E-state index is 14.1. The van der Waals surface area contributed by atoms with E-state index in [9.17, 15) is 14.0 Å². The minimum Gasteiger partial charge on any atom is -0.461 e. The number of carbonyl (C=O) groups excluding carboxylic acids is 2. The number of unbranched alkanes of at least 4 members (excludes halogenated alkanes) is 8. The molecule has 0 saturated carbocycles. The molecule has 0 radical (unpaired) electrons. The molecule has 0 bridgehead atoms. The molecule has 1 N–H and O–H groups in total. The van der Waals surface area contributed by atoms with Gasteiger partial charge in [0.15, 0.2) is 17.3 Å². The highest BCUT2D eigenvalue weighted by Gasteiger charge is 2.22. The van der Waals surface area contributed by atoms with Gasteiger partial charge in [0, 0.05) is 12.6 Å². The fourth-order valence-electron chi connectivity index (χ4n) is 2.69. The molecule has 0 aliphatic rings. The van der Waals surface area contributed by atoms with Gasteiger partial charge in [-0.1, -0.05) is 58.3 Å². The van der Waals surface area contributed by atoms with Crippen LogP contribution in [-0.2, 0) is 4.74 Å². The lowest BCUT2D eigenvalue weighted by atomic mass is 10.0. The van der Waals surface area contributed by atoms with Crippen LogP contribution >= 0.6 is 0 Å². The molecule has 1 heterocycles. The Balaban J connectivity index is 2.25. The summed E-state index contributed by atoms with van der Waals surface area (Å²) in [5.74, 6) is -1.83. The summed E-state index contributed by atoms with van der Waals surface area (Å²) in [6, 6.07) is 0. The van der Waals surface area contributed by atoms with E-state index in [2.05, 4.69) is 11.9 Å². The molecule has 0 saturated heterocycles. The van der Waals surface area contributed by atoms with Crippen LogP contribution in [0.25, 0.3) is 0 Å². The first kappa shape index (κ1) is 20.4. The van der Waals surface area contributed by atoms with Crippen LogP contribution < -0.4 is 0 Å². The molecule has 0 fully saturated rings. The number of esters is 1. The molecule has 4 nitrogen and oxygen atoms in total. The number of ketones is 1. The summed E-state index contributed by atoms with van der Waals surface area (Å²) in [7, 11) is 0. The Hall–Kier alpha value is -1.65. The minimum absolute atomic E-state index is 0.0439. The number of ether oxygens (including phenoxy) is 1. The average Bonchev–Trinajstić information content (AvgIpc) is 2.95. The number of aromatic amines is 1. The zero-order valence-corrected chi connectivity index (χ0v) is 15.0. The number of rotatable bonds is 13. The summed E-state index contributed by atoms with van der Waals surface area (Å²) in [6.07, 6.45) is 12.0. The second-order valence-corrected chi connectivity index (χ2v) is 6.11. The van der Waals surface area contributed by atoms with Crippen molar-refractivity contribution < 1.29 is 18.7 Å². The van der Waals surface area contributed by atoms with Crippen LogP contribution in [0.3, 0.4) is 0 Å². The Morgan fingerprint density at radius 2 is 1.58 bits per heavy atom. The van der Waals surface area contributed by atoms with Crippen LogP contribution in [0, 0.1) is 5.82 Å². The molecule has 0 spiro atoms. The topological polar surface area (TPSA) is 59.2 Å². The predicted octanol–water partition coefficient (Wildman–Crippen LogP) is 5.43. The standard InChI is InChI=1S/C19H30FNO3/c1-3-5-6-7-8-9-10-11-12-13-16(22)15-14-21-18(17(15)20)19(23)24-4-2/h14,21H,3-13H2,1-2H3. The number of Topliss-reactive ketones (excluding diaryl/α,β-unsaturated/α-hetero) is 1. The summed E-state index contributed by atoms with van der Waals surface area (Å²) in [5.41, 5.74) is -0.315. The van der Waals surface area contributed by atoms with Crippen LogP contribution in [0.15, 0.2) is 6.20 Å². The highest BCUT2D eigenvalue weighted by molar-refractivity contribution is 5.99. The summed E-state index contributed by atoms with van der Waals surface area (Å²) < 4.78 is 18.8. The molecule has 136 valence electrons. The second kappa shape index (κ2) is 11.8. The van der Waals surface area contributed by atoms with Gasteiger partial charge in [-0.25, -0.2) is 9.18 Å². The van der Waals surface area contributed by atoms with Gasteiger partial charge in [-0.2, -0.15) is 0 Å². The maximum Gasteiger partial charge on any atom is 0.357 e. The monoisotopic (exact) mass is 339 g/mol. The van der Waals surface area contributed by atoms with Crippen molar-refractivity contribution >= 4 is 11.8 Å². The van der Waals surface area contributed by atoms with Gasteiger partial charge >= 0.3 is 5.97 Å². The fourth-order valence-corrected chi connectivity index (χ4v) is 2.69. The van der Waals surface area contributed by atoms with E-state index in [0.29, 0.717) is 6.42 Å². The lowest BCUT2D eigenvalue weighted by molar-refractivity contribution is 0.0515. The van der Waals surface area contributed by atoms with E-state index in [1.807, 2.05) is 0 Å². The normalized spacial score (nSPS) is 10.8. The largest absolute Gasteiger partial charge is 0.461 e. The van der Waals surface area contributed by atoms with Gasteiger partial charge < -0.3 is 9.72 Å². The number of halogens is 1. The van der Waals surface area contributed by atoms with Crippen molar-refractivity contribution in [2.75, 3.05) is 6.61 Å². The van der Waals surface area contributed by atoms with Crippen LogP contribution in [0.5, 0.6) is 0 Å². The van der Waals surface area contributed by atoms with Crippen molar-refractivity contribution in [3.8, 4) is 0 Å². The predicted molar refractivity (Wildman–Crippen MR) is 92.9 cm³/mol. The Labute approximate surface area is 144 Å². The molecule has 0 atom stereocenters. The van der Waals surface area contributed by atoms with E-state index in [4.69, 9.17) is 4.74 Å². The van der Waals surface area contributed by atoms with E-state index in [-0.39, 0.29) is 23.6 Å². The lowest BCUT2D eigenvalue weighted by Gasteiger charge is -2.02. The second-order valence-electron chi connectivity index (χ2n) is 6.11. The first-order chi connectivity index (χ1) is 11.6. The van der Waals surface area contributed by atoms with Crippen molar-refractivity contribution in [2.24, 2.45) is 0 Å². The highest BCUT2D eigenvalue weighted by atomic mass is 19.1. The third-order valence-corrected chi connectivity index (χ3v) is 4.10. The third-order valence-electron chi connectivity index (χ3n) is 4.10. The van der Waals surface area contributed by atoms with E-state index in [1.165, 1.54) is 44.7 Å². The van der Waals surface area contributed by atoms with Crippen LogP contribution in [0.1, 0.15) is 98.9 Å². The Bertz CT molecular complexity index is 511. The van der Waals surface area contributed by atoms with Gasteiger partial charge in [-0.05, 0) is 13.3 Å². The molecular formula is C19H30FNO3. The van der Waals surface area contributed by atoms with Gasteiger partial charge in [0.05, 0.1) is 12.2 Å². The number of aromatic nitrogens is 1. The van der Waals surface area contributed by atoms with Gasteiger partial charge in [-0.15, -0.1) is 0 Å². The first-order valence-corrected chi connectivity index (χ1v) is 9.19. The average molecular weight is 339 g/mol. The zero-order chi connectivity index (χ0) is 17.8. The molecule has 0 aliphatic carbocycles. The van der Waals surface area contributed by atoms with Crippen molar-refractivity contribution in [1.29, 1.82) is 0 Å². The van der Waals surface area contributed by atoms with Crippen molar-refractivity contribution in [2.45, 2.75) is 78.1 Å². The molecule has 0 aromatic carbocycles. The fraction of sp³-hybridized carbons (Fsp3) is 0.684. The van der Waals surface area contributed by atoms with Crippen LogP contribution in [0.2, 0.25) is 0 Å². The van der Waals surface area contributed by atoms with Crippen LogP contribution in [0.4, 0.5) is 4.39 Å². The highest BCUT2D eigenvalue weighted by Crippen LogP contribution is 2.17. The van der Waals surface area contributed by atoms with Gasteiger partial charge in [-0.3, -0.25) is 4.79 Å². The van der Waals surface area contributed by atoms with Gasteiger partial charge in [0.1, 0.15) is 0 Å². The Kier molecular flexibility index (Phi) is 10.0. The van der Waals surface area contributed by atoms with Crippen LogP contribution in [-0.4, -0.2) is 23.3 Å². The number of H-pyrrole nitrogens is 1. The summed E-state index contributed by atoms with van der Waals surface area (Å²) >= 11 is 0. The molecule has 0 amide bonds. The van der Waals surface area contributed by atoms with Crippen molar-refractivity contribution in [1.82, 2.24) is 4.98 Å². The molecule has 1 aromatic rings. The van der Waals surface area contributed by atoms with E-state index in [1.54, 1.807) is 6.92 Å². The number of hydrogen-bond donors (Lipinski definition) is 1. The number of carbonyl (C=O) groups is 2. The molecular weight excluding hydrogens is 309 g/mol. The molecule has 24 heavy (non-hydrogen) atoms. The van der Waals surface area contributed by atoms with Crippen molar-refractivity contribution in [3.63, 3.8) is 0 Å². The maximum absolute atomic E-state index is 14.1. The molecule has 5 heteroatoms. The minimum atomic E-state index is -0.797. The molecule has 0 aliphatic heterocycles. The number of nitrogens with one attached hydrogen (secondary N) is 1. The van der Waals surface area contributed by atoms with E-state index in [0.717, 1.165) is 19.3 Å². The molecule has 1 rings (SSSR count). The third kappa shape index (κ3) is 6.85. The first-order valence-electron chi connectivity index (χ1n) is 9.19. The van der Waals surface area contributed by atoms with Crippen molar-refractivity contribution in [3.05, 3.63) is 23.3 Å². The summed E-state index contributed by atoms with van der Waals surface area (Å²) in [5, 5.41) is 0.